The number of nitrogens with zero attached hydrogens (tertiary/aromatic N) is 1. The maximum Gasteiger partial charge on any atom is 0.219 e. The average molecular weight is 232 g/mol. The number of carbonyl (C=O) groups excluding carboxylic acids is 1. The largest absolute Gasteiger partial charge is 0.399 e. The first-order valence-corrected chi connectivity index (χ1v) is 5.20. The highest BCUT2D eigenvalue weighted by Crippen LogP contribution is 2.23. The van der Waals surface area contributed by atoms with Crippen molar-refractivity contribution >= 4 is 17.3 Å². The first-order valence-electron chi connectivity index (χ1n) is 5.20. The minimum atomic E-state index is -0.506. The lowest BCUT2D eigenvalue weighted by atomic mass is 9.99. The molecule has 0 heterocycles. The highest BCUT2D eigenvalue weighted by molar-refractivity contribution is 5.76. The third kappa shape index (κ3) is 3.68. The maximum atomic E-state index is 10.9. The zero-order valence-corrected chi connectivity index (χ0v) is 9.95. The van der Waals surface area contributed by atoms with Gasteiger partial charge in [-0.05, 0) is 32.0 Å². The van der Waals surface area contributed by atoms with E-state index in [2.05, 4.69) is 11.4 Å². The van der Waals surface area contributed by atoms with E-state index in [1.165, 1.54) is 0 Å². The zero-order chi connectivity index (χ0) is 13.1. The Kier molecular flexibility index (Phi) is 3.59. The number of nitrogens with one attached hydrogen (secondary N) is 1. The normalized spacial score (nSPS) is 10.6. The lowest BCUT2D eigenvalue weighted by molar-refractivity contribution is -0.118. The second kappa shape index (κ2) is 4.74. The second-order valence-corrected chi connectivity index (χ2v) is 4.57. The predicted molar refractivity (Wildman–Crippen MR) is 67.1 cm³/mol. The van der Waals surface area contributed by atoms with Crippen LogP contribution in [0.25, 0.3) is 0 Å². The van der Waals surface area contributed by atoms with Crippen molar-refractivity contribution in [1.82, 2.24) is 0 Å². The van der Waals surface area contributed by atoms with Crippen LogP contribution in [0.2, 0.25) is 0 Å². The fourth-order valence-electron chi connectivity index (χ4n) is 1.61. The molecule has 17 heavy (non-hydrogen) atoms. The number of hydrogen-bond acceptors (Lipinski definition) is 4. The molecule has 1 aromatic rings. The van der Waals surface area contributed by atoms with Crippen molar-refractivity contribution in [2.75, 3.05) is 11.1 Å². The summed E-state index contributed by atoms with van der Waals surface area (Å²) in [5.74, 6) is -0.392. The lowest BCUT2D eigenvalue weighted by Gasteiger charge is -2.26. The standard InChI is InChI=1S/C12H16N4O/c1-12(2,6-11(15)17)16-10-4-3-9(14)5-8(10)7-13/h3-5,16H,6,14H2,1-2H3,(H2,15,17). The highest BCUT2D eigenvalue weighted by Gasteiger charge is 2.21. The molecule has 5 nitrogen and oxygen atoms in total. The molecule has 0 aliphatic carbocycles. The number of nitriles is 1. The van der Waals surface area contributed by atoms with Gasteiger partial charge in [-0.15, -0.1) is 0 Å². The van der Waals surface area contributed by atoms with Crippen molar-refractivity contribution < 1.29 is 4.79 Å². The minimum Gasteiger partial charge on any atom is -0.399 e. The number of hydrogen-bond donors (Lipinski definition) is 3. The molecule has 0 fully saturated rings. The molecule has 5 N–H and O–H groups in total. The van der Waals surface area contributed by atoms with Crippen LogP contribution in [0.15, 0.2) is 18.2 Å². The fourth-order valence-corrected chi connectivity index (χ4v) is 1.61. The van der Waals surface area contributed by atoms with E-state index in [4.69, 9.17) is 16.7 Å². The summed E-state index contributed by atoms with van der Waals surface area (Å²) >= 11 is 0. The number of rotatable bonds is 4. The summed E-state index contributed by atoms with van der Waals surface area (Å²) in [6, 6.07) is 7.06. The van der Waals surface area contributed by atoms with Crippen molar-refractivity contribution in [1.29, 1.82) is 5.26 Å². The van der Waals surface area contributed by atoms with Crippen LogP contribution in [0.5, 0.6) is 0 Å². The summed E-state index contributed by atoms with van der Waals surface area (Å²) < 4.78 is 0. The summed E-state index contributed by atoms with van der Waals surface area (Å²) in [6.45, 7) is 3.69. The fraction of sp³-hybridized carbons (Fsp3) is 0.333. The van der Waals surface area contributed by atoms with E-state index >= 15 is 0 Å². The van der Waals surface area contributed by atoms with Crippen LogP contribution in [0, 0.1) is 11.3 Å². The molecular weight excluding hydrogens is 216 g/mol. The van der Waals surface area contributed by atoms with Crippen LogP contribution >= 0.6 is 0 Å². The second-order valence-electron chi connectivity index (χ2n) is 4.57. The molecule has 1 amide bonds. The number of primary amides is 1. The van der Waals surface area contributed by atoms with Gasteiger partial charge in [-0.1, -0.05) is 0 Å². The number of anilines is 2. The van der Waals surface area contributed by atoms with Crippen molar-refractivity contribution in [2.45, 2.75) is 25.8 Å². The molecule has 1 aromatic carbocycles. The van der Waals surface area contributed by atoms with Gasteiger partial charge in [0.15, 0.2) is 0 Å². The average Bonchev–Trinajstić information content (AvgIpc) is 2.18. The van der Waals surface area contributed by atoms with E-state index < -0.39 is 11.4 Å². The van der Waals surface area contributed by atoms with Gasteiger partial charge in [0, 0.05) is 17.6 Å². The Bertz CT molecular complexity index is 474. The van der Waals surface area contributed by atoms with Crippen LogP contribution in [0.1, 0.15) is 25.8 Å². The Morgan fingerprint density at radius 1 is 1.53 bits per heavy atom. The number of carbonyl (C=O) groups is 1. The number of nitrogen functional groups attached to an aromatic ring is 1. The van der Waals surface area contributed by atoms with E-state index in [9.17, 15) is 4.79 Å². The zero-order valence-electron chi connectivity index (χ0n) is 9.95. The van der Waals surface area contributed by atoms with Crippen LogP contribution in [-0.2, 0) is 4.79 Å². The Hall–Kier alpha value is -2.22. The number of nitrogens with two attached hydrogens (primary N) is 2. The molecule has 0 saturated carbocycles. The highest BCUT2D eigenvalue weighted by atomic mass is 16.1. The lowest BCUT2D eigenvalue weighted by Crippen LogP contribution is -2.36. The molecule has 0 spiro atoms. The van der Waals surface area contributed by atoms with Gasteiger partial charge < -0.3 is 16.8 Å². The molecule has 0 saturated heterocycles. The molecule has 0 unspecified atom stereocenters. The van der Waals surface area contributed by atoms with Crippen molar-refractivity contribution in [3.8, 4) is 6.07 Å². The van der Waals surface area contributed by atoms with Crippen molar-refractivity contribution in [2.24, 2.45) is 5.73 Å². The van der Waals surface area contributed by atoms with E-state index in [-0.39, 0.29) is 6.42 Å². The third-order valence-corrected chi connectivity index (χ3v) is 2.25. The molecule has 0 radical (unpaired) electrons. The van der Waals surface area contributed by atoms with Gasteiger partial charge in [0.25, 0.3) is 0 Å². The van der Waals surface area contributed by atoms with E-state index in [0.29, 0.717) is 16.9 Å². The summed E-state index contributed by atoms with van der Waals surface area (Å²) in [5.41, 5.74) is 11.9. The summed E-state index contributed by atoms with van der Waals surface area (Å²) in [7, 11) is 0. The third-order valence-electron chi connectivity index (χ3n) is 2.25. The number of benzene rings is 1. The topological polar surface area (TPSA) is 105 Å². The molecular formula is C12H16N4O. The van der Waals surface area contributed by atoms with Crippen LogP contribution < -0.4 is 16.8 Å². The van der Waals surface area contributed by atoms with Gasteiger partial charge >= 0.3 is 0 Å². The van der Waals surface area contributed by atoms with Crippen LogP contribution in [-0.4, -0.2) is 11.4 Å². The summed E-state index contributed by atoms with van der Waals surface area (Å²) in [4.78, 5) is 10.9. The first kappa shape index (κ1) is 12.8. The predicted octanol–water partition coefficient (Wildman–Crippen LogP) is 1.21. The van der Waals surface area contributed by atoms with Gasteiger partial charge in [0.05, 0.1) is 11.3 Å². The van der Waals surface area contributed by atoms with Gasteiger partial charge in [0.1, 0.15) is 6.07 Å². The molecule has 0 aliphatic rings. The Morgan fingerprint density at radius 3 is 2.71 bits per heavy atom. The first-order chi connectivity index (χ1) is 7.84. The molecule has 90 valence electrons. The maximum absolute atomic E-state index is 10.9. The summed E-state index contributed by atoms with van der Waals surface area (Å²) in [5, 5.41) is 12.1. The van der Waals surface area contributed by atoms with E-state index in [1.807, 2.05) is 13.8 Å². The molecule has 0 atom stereocenters. The monoisotopic (exact) mass is 232 g/mol. The SMILES string of the molecule is CC(C)(CC(N)=O)Nc1ccc(N)cc1C#N. The van der Waals surface area contributed by atoms with Crippen LogP contribution in [0.3, 0.4) is 0 Å². The van der Waals surface area contributed by atoms with E-state index in [1.54, 1.807) is 18.2 Å². The van der Waals surface area contributed by atoms with E-state index in [0.717, 1.165) is 0 Å². The Balaban J connectivity index is 2.95. The Labute approximate surface area is 100 Å². The van der Waals surface area contributed by atoms with Gasteiger partial charge in [-0.2, -0.15) is 5.26 Å². The van der Waals surface area contributed by atoms with Gasteiger partial charge in [-0.3, -0.25) is 4.79 Å². The summed E-state index contributed by atoms with van der Waals surface area (Å²) in [6.07, 6.45) is 0.183. The van der Waals surface area contributed by atoms with Crippen LogP contribution in [0.4, 0.5) is 11.4 Å². The van der Waals surface area contributed by atoms with Crippen molar-refractivity contribution in [3.05, 3.63) is 23.8 Å². The Morgan fingerprint density at radius 2 is 2.18 bits per heavy atom. The molecule has 0 bridgehead atoms. The van der Waals surface area contributed by atoms with Gasteiger partial charge in [-0.25, -0.2) is 0 Å². The molecule has 0 aliphatic heterocycles. The smallest absolute Gasteiger partial charge is 0.219 e. The number of amides is 1. The van der Waals surface area contributed by atoms with Gasteiger partial charge in [0.2, 0.25) is 5.91 Å². The molecule has 5 heteroatoms. The molecule has 0 aromatic heterocycles. The van der Waals surface area contributed by atoms with Crippen molar-refractivity contribution in [3.63, 3.8) is 0 Å². The molecule has 1 rings (SSSR count). The quantitative estimate of drug-likeness (QED) is 0.678. The minimum absolute atomic E-state index is 0.183.